The van der Waals surface area contributed by atoms with Gasteiger partial charge >= 0.3 is 0 Å². The molecular weight excluding hydrogens is 299 g/mol. The number of rotatable bonds is 4. The van der Waals surface area contributed by atoms with Crippen LogP contribution in [-0.2, 0) is 6.42 Å². The quantitative estimate of drug-likeness (QED) is 0.942. The minimum absolute atomic E-state index is 0.322. The van der Waals surface area contributed by atoms with Gasteiger partial charge in [-0.15, -0.1) is 0 Å². The van der Waals surface area contributed by atoms with E-state index in [1.807, 2.05) is 12.1 Å². The Morgan fingerprint density at radius 2 is 2.17 bits per heavy atom. The maximum atomic E-state index is 13.0. The third-order valence-corrected chi connectivity index (χ3v) is 2.98. The molecule has 0 aliphatic rings. The Kier molecular flexibility index (Phi) is 4.28. The molecule has 0 unspecified atom stereocenters. The Bertz CT molecular complexity index is 548. The lowest BCUT2D eigenvalue weighted by Gasteiger charge is -2.10. The fourth-order valence-electron chi connectivity index (χ4n) is 1.52. The van der Waals surface area contributed by atoms with Crippen molar-refractivity contribution in [3.63, 3.8) is 0 Å². The second-order valence-corrected chi connectivity index (χ2v) is 4.54. The molecule has 0 spiro atoms. The lowest BCUT2D eigenvalue weighted by Crippen LogP contribution is -2.04. The van der Waals surface area contributed by atoms with Crippen molar-refractivity contribution in [3.8, 4) is 11.6 Å². The Hall–Kier alpha value is -1.46. The third kappa shape index (κ3) is 3.05. The molecule has 2 aromatic rings. The van der Waals surface area contributed by atoms with Crippen LogP contribution < -0.4 is 10.5 Å². The van der Waals surface area contributed by atoms with E-state index in [1.165, 1.54) is 12.1 Å². The van der Waals surface area contributed by atoms with E-state index in [0.29, 0.717) is 29.1 Å². The monoisotopic (exact) mass is 310 g/mol. The molecule has 1 aromatic heterocycles. The van der Waals surface area contributed by atoms with E-state index < -0.39 is 0 Å². The number of aromatic nitrogens is 1. The highest BCUT2D eigenvalue weighted by molar-refractivity contribution is 9.10. The Morgan fingerprint density at radius 1 is 1.33 bits per heavy atom. The summed E-state index contributed by atoms with van der Waals surface area (Å²) in [6, 6.07) is 7.98. The van der Waals surface area contributed by atoms with Crippen LogP contribution in [0.15, 0.2) is 41.0 Å². The molecule has 0 amide bonds. The first-order valence-electron chi connectivity index (χ1n) is 5.47. The normalized spacial score (nSPS) is 10.4. The standard InChI is InChI=1S/C13H12BrFN2O/c14-11-8-10(15)3-4-12(11)18-13-9(5-6-16)2-1-7-17-13/h1-4,7-8H,5-6,16H2. The van der Waals surface area contributed by atoms with Gasteiger partial charge in [0.2, 0.25) is 5.88 Å². The van der Waals surface area contributed by atoms with E-state index in [2.05, 4.69) is 20.9 Å². The van der Waals surface area contributed by atoms with Crippen LogP contribution in [0, 0.1) is 5.82 Å². The zero-order valence-electron chi connectivity index (χ0n) is 9.57. The fraction of sp³-hybridized carbons (Fsp3) is 0.154. The molecule has 0 aliphatic carbocycles. The maximum absolute atomic E-state index is 13.0. The van der Waals surface area contributed by atoms with Crippen molar-refractivity contribution >= 4 is 15.9 Å². The SMILES string of the molecule is NCCc1cccnc1Oc1ccc(F)cc1Br. The number of benzene rings is 1. The molecule has 0 fully saturated rings. The number of pyridine rings is 1. The van der Waals surface area contributed by atoms with E-state index in [1.54, 1.807) is 12.3 Å². The fourth-order valence-corrected chi connectivity index (χ4v) is 1.96. The van der Waals surface area contributed by atoms with Crippen LogP contribution in [0.4, 0.5) is 4.39 Å². The average Bonchev–Trinajstić information content (AvgIpc) is 2.35. The van der Waals surface area contributed by atoms with Crippen molar-refractivity contribution in [2.75, 3.05) is 6.54 Å². The van der Waals surface area contributed by atoms with Crippen molar-refractivity contribution in [2.45, 2.75) is 6.42 Å². The zero-order valence-corrected chi connectivity index (χ0v) is 11.2. The first-order valence-corrected chi connectivity index (χ1v) is 6.27. The van der Waals surface area contributed by atoms with Crippen LogP contribution in [0.2, 0.25) is 0 Å². The summed E-state index contributed by atoms with van der Waals surface area (Å²) in [7, 11) is 0. The number of nitrogens with two attached hydrogens (primary N) is 1. The molecule has 2 N–H and O–H groups in total. The number of halogens is 2. The van der Waals surface area contributed by atoms with Crippen LogP contribution in [0.3, 0.4) is 0 Å². The summed E-state index contributed by atoms with van der Waals surface area (Å²) in [5.41, 5.74) is 6.46. The van der Waals surface area contributed by atoms with E-state index in [4.69, 9.17) is 10.5 Å². The molecule has 1 aromatic carbocycles. The molecule has 2 rings (SSSR count). The average molecular weight is 311 g/mol. The van der Waals surface area contributed by atoms with Crippen LogP contribution >= 0.6 is 15.9 Å². The van der Waals surface area contributed by atoms with Crippen LogP contribution in [-0.4, -0.2) is 11.5 Å². The van der Waals surface area contributed by atoms with Crippen molar-refractivity contribution in [2.24, 2.45) is 5.73 Å². The van der Waals surface area contributed by atoms with Gasteiger partial charge in [0, 0.05) is 11.8 Å². The van der Waals surface area contributed by atoms with Crippen LogP contribution in [0.25, 0.3) is 0 Å². The van der Waals surface area contributed by atoms with Gasteiger partial charge in [0.25, 0.3) is 0 Å². The molecular formula is C13H12BrFN2O. The van der Waals surface area contributed by atoms with E-state index in [-0.39, 0.29) is 5.82 Å². The first-order chi connectivity index (χ1) is 8.70. The summed E-state index contributed by atoms with van der Waals surface area (Å²) < 4.78 is 19.2. The second-order valence-electron chi connectivity index (χ2n) is 3.68. The second kappa shape index (κ2) is 5.93. The lowest BCUT2D eigenvalue weighted by atomic mass is 10.2. The molecule has 18 heavy (non-hydrogen) atoms. The van der Waals surface area contributed by atoms with Gasteiger partial charge in [-0.3, -0.25) is 0 Å². The Balaban J connectivity index is 2.28. The maximum Gasteiger partial charge on any atom is 0.222 e. The molecule has 1 heterocycles. The van der Waals surface area contributed by atoms with Crippen LogP contribution in [0.5, 0.6) is 11.6 Å². The predicted molar refractivity (Wildman–Crippen MR) is 71.2 cm³/mol. The summed E-state index contributed by atoms with van der Waals surface area (Å²) in [5.74, 6) is 0.695. The van der Waals surface area contributed by atoms with E-state index in [0.717, 1.165) is 5.56 Å². The summed E-state index contributed by atoms with van der Waals surface area (Å²) in [6.07, 6.45) is 2.33. The van der Waals surface area contributed by atoms with Crippen molar-refractivity contribution < 1.29 is 9.13 Å². The van der Waals surface area contributed by atoms with Gasteiger partial charge in [0.05, 0.1) is 4.47 Å². The molecule has 0 bridgehead atoms. The highest BCUT2D eigenvalue weighted by Crippen LogP contribution is 2.30. The number of hydrogen-bond acceptors (Lipinski definition) is 3. The van der Waals surface area contributed by atoms with Gasteiger partial charge in [-0.25, -0.2) is 9.37 Å². The topological polar surface area (TPSA) is 48.1 Å². The van der Waals surface area contributed by atoms with Gasteiger partial charge in [0.15, 0.2) is 0 Å². The third-order valence-electron chi connectivity index (χ3n) is 2.36. The predicted octanol–water partition coefficient (Wildman–Crippen LogP) is 3.28. The number of nitrogens with zero attached hydrogens (tertiary/aromatic N) is 1. The summed E-state index contributed by atoms with van der Waals surface area (Å²) in [4.78, 5) is 4.16. The van der Waals surface area contributed by atoms with Crippen molar-refractivity contribution in [1.82, 2.24) is 4.98 Å². The van der Waals surface area contributed by atoms with E-state index in [9.17, 15) is 4.39 Å². The van der Waals surface area contributed by atoms with Gasteiger partial charge in [-0.05, 0) is 53.2 Å². The zero-order chi connectivity index (χ0) is 13.0. The smallest absolute Gasteiger partial charge is 0.222 e. The highest BCUT2D eigenvalue weighted by atomic mass is 79.9. The minimum Gasteiger partial charge on any atom is -0.438 e. The van der Waals surface area contributed by atoms with Crippen molar-refractivity contribution in [1.29, 1.82) is 0 Å². The molecule has 94 valence electrons. The molecule has 0 saturated heterocycles. The lowest BCUT2D eigenvalue weighted by molar-refractivity contribution is 0.451. The first kappa shape index (κ1) is 13.0. The van der Waals surface area contributed by atoms with Gasteiger partial charge < -0.3 is 10.5 Å². The van der Waals surface area contributed by atoms with Gasteiger partial charge in [-0.2, -0.15) is 0 Å². The molecule has 5 heteroatoms. The molecule has 0 atom stereocenters. The Morgan fingerprint density at radius 3 is 2.89 bits per heavy atom. The number of hydrogen-bond donors (Lipinski definition) is 1. The Labute approximate surface area is 113 Å². The van der Waals surface area contributed by atoms with Gasteiger partial charge in [-0.1, -0.05) is 6.07 Å². The van der Waals surface area contributed by atoms with Crippen molar-refractivity contribution in [3.05, 3.63) is 52.4 Å². The molecule has 3 nitrogen and oxygen atoms in total. The summed E-state index contributed by atoms with van der Waals surface area (Å²) in [5, 5.41) is 0. The molecule has 0 aliphatic heterocycles. The highest BCUT2D eigenvalue weighted by Gasteiger charge is 2.08. The molecule has 0 radical (unpaired) electrons. The largest absolute Gasteiger partial charge is 0.438 e. The summed E-state index contributed by atoms with van der Waals surface area (Å²) in [6.45, 7) is 0.520. The summed E-state index contributed by atoms with van der Waals surface area (Å²) >= 11 is 3.25. The minimum atomic E-state index is -0.322. The molecule has 0 saturated carbocycles. The van der Waals surface area contributed by atoms with Crippen LogP contribution in [0.1, 0.15) is 5.56 Å². The number of ether oxygens (including phenoxy) is 1. The van der Waals surface area contributed by atoms with E-state index >= 15 is 0 Å². The van der Waals surface area contributed by atoms with Gasteiger partial charge in [0.1, 0.15) is 11.6 Å².